The first-order chi connectivity index (χ1) is 12.6. The van der Waals surface area contributed by atoms with Crippen LogP contribution >= 0.6 is 22.7 Å². The number of aliphatic hydroxyl groups excluding tert-OH is 1. The third kappa shape index (κ3) is 4.19. The summed E-state index contributed by atoms with van der Waals surface area (Å²) in [7, 11) is 1.30. The number of methoxy groups -OCH3 is 1. The Labute approximate surface area is 158 Å². The van der Waals surface area contributed by atoms with Gasteiger partial charge >= 0.3 is 5.97 Å². The third-order valence-corrected chi connectivity index (χ3v) is 6.00. The predicted molar refractivity (Wildman–Crippen MR) is 103 cm³/mol. The minimum absolute atomic E-state index is 0.113. The third-order valence-electron chi connectivity index (χ3n) is 3.74. The summed E-state index contributed by atoms with van der Waals surface area (Å²) in [5.41, 5.74) is 0.791. The predicted octanol–water partition coefficient (Wildman–Crippen LogP) is 3.73. The number of nitrogens with one attached hydrogen (secondary N) is 1. The molecule has 2 heterocycles. The SMILES string of the molecule is COC(=O)c1ccc(C(=O)NCC(O)c2ccc(-c3cccs3)s2)cc1. The normalized spacial score (nSPS) is 11.8. The summed E-state index contributed by atoms with van der Waals surface area (Å²) in [6, 6.07) is 14.0. The molecule has 0 aliphatic carbocycles. The lowest BCUT2D eigenvalue weighted by Crippen LogP contribution is -2.28. The van der Waals surface area contributed by atoms with Crippen LogP contribution in [0.25, 0.3) is 9.75 Å². The average Bonchev–Trinajstić information content (AvgIpc) is 3.36. The molecule has 7 heteroatoms. The largest absolute Gasteiger partial charge is 0.465 e. The van der Waals surface area contributed by atoms with Gasteiger partial charge in [-0.2, -0.15) is 0 Å². The summed E-state index contributed by atoms with van der Waals surface area (Å²) in [6.45, 7) is 0.113. The Morgan fingerprint density at radius 3 is 2.46 bits per heavy atom. The fourth-order valence-electron chi connectivity index (χ4n) is 2.35. The number of carbonyl (C=O) groups is 2. The topological polar surface area (TPSA) is 75.6 Å². The van der Waals surface area contributed by atoms with Crippen molar-refractivity contribution in [3.63, 3.8) is 0 Å². The Kier molecular flexibility index (Phi) is 5.82. The number of thiophene rings is 2. The maximum Gasteiger partial charge on any atom is 0.337 e. The highest BCUT2D eigenvalue weighted by molar-refractivity contribution is 7.21. The zero-order chi connectivity index (χ0) is 18.5. The van der Waals surface area contributed by atoms with Crippen LogP contribution in [0.4, 0.5) is 0 Å². The van der Waals surface area contributed by atoms with Crippen LogP contribution in [0.1, 0.15) is 31.7 Å². The number of ether oxygens (including phenoxy) is 1. The molecule has 0 fully saturated rings. The van der Waals surface area contributed by atoms with E-state index in [0.717, 1.165) is 14.6 Å². The summed E-state index contributed by atoms with van der Waals surface area (Å²) in [5.74, 6) is -0.762. The van der Waals surface area contributed by atoms with Gasteiger partial charge in [0, 0.05) is 26.7 Å². The smallest absolute Gasteiger partial charge is 0.337 e. The van der Waals surface area contributed by atoms with Gasteiger partial charge in [0.1, 0.15) is 6.10 Å². The quantitative estimate of drug-likeness (QED) is 0.632. The van der Waals surface area contributed by atoms with Crippen molar-refractivity contribution in [1.29, 1.82) is 0 Å². The van der Waals surface area contributed by atoms with Crippen molar-refractivity contribution in [2.45, 2.75) is 6.10 Å². The summed E-state index contributed by atoms with van der Waals surface area (Å²) in [4.78, 5) is 26.6. The maximum absolute atomic E-state index is 12.2. The molecule has 1 unspecified atom stereocenters. The summed E-state index contributed by atoms with van der Waals surface area (Å²) in [6.07, 6.45) is -0.771. The average molecular weight is 387 g/mol. The highest BCUT2D eigenvalue weighted by Gasteiger charge is 2.14. The number of amides is 1. The second kappa shape index (κ2) is 8.27. The van der Waals surface area contributed by atoms with Gasteiger partial charge in [0.25, 0.3) is 5.91 Å². The molecule has 0 radical (unpaired) electrons. The molecule has 1 aromatic carbocycles. The number of carbonyl (C=O) groups excluding carboxylic acids is 2. The number of aliphatic hydroxyl groups is 1. The Morgan fingerprint density at radius 2 is 1.81 bits per heavy atom. The van der Waals surface area contributed by atoms with Gasteiger partial charge in [-0.25, -0.2) is 4.79 Å². The van der Waals surface area contributed by atoms with Gasteiger partial charge in [0.05, 0.1) is 12.7 Å². The van der Waals surface area contributed by atoms with Crippen molar-refractivity contribution in [2.75, 3.05) is 13.7 Å². The highest BCUT2D eigenvalue weighted by atomic mass is 32.1. The standard InChI is InChI=1S/C19H17NO4S2/c1-24-19(23)13-6-4-12(5-7-13)18(22)20-11-14(21)15-8-9-17(26-15)16-3-2-10-25-16/h2-10,14,21H,11H2,1H3,(H,20,22). The zero-order valence-corrected chi connectivity index (χ0v) is 15.6. The summed E-state index contributed by atoms with van der Waals surface area (Å²) < 4.78 is 4.62. The molecular weight excluding hydrogens is 370 g/mol. The van der Waals surface area contributed by atoms with Crippen LogP contribution in [-0.2, 0) is 4.74 Å². The van der Waals surface area contributed by atoms with Gasteiger partial charge in [-0.05, 0) is 47.8 Å². The molecule has 1 amide bonds. The van der Waals surface area contributed by atoms with Crippen LogP contribution in [-0.4, -0.2) is 30.6 Å². The second-order valence-electron chi connectivity index (χ2n) is 5.47. The molecule has 3 rings (SSSR count). The minimum Gasteiger partial charge on any atom is -0.465 e. The Bertz CT molecular complexity index is 885. The van der Waals surface area contributed by atoms with Gasteiger partial charge in [0.15, 0.2) is 0 Å². The van der Waals surface area contributed by atoms with Gasteiger partial charge < -0.3 is 15.2 Å². The van der Waals surface area contributed by atoms with E-state index in [1.807, 2.05) is 29.6 Å². The molecule has 0 bridgehead atoms. The lowest BCUT2D eigenvalue weighted by Gasteiger charge is -2.10. The van der Waals surface area contributed by atoms with E-state index in [4.69, 9.17) is 0 Å². The summed E-state index contributed by atoms with van der Waals surface area (Å²) in [5, 5.41) is 15.0. The van der Waals surface area contributed by atoms with Gasteiger partial charge in [-0.3, -0.25) is 4.79 Å². The van der Waals surface area contributed by atoms with E-state index in [-0.39, 0.29) is 12.5 Å². The molecule has 26 heavy (non-hydrogen) atoms. The Balaban J connectivity index is 1.58. The van der Waals surface area contributed by atoms with E-state index in [0.29, 0.717) is 11.1 Å². The van der Waals surface area contributed by atoms with Gasteiger partial charge in [0.2, 0.25) is 0 Å². The molecule has 134 valence electrons. The van der Waals surface area contributed by atoms with Crippen LogP contribution in [0.2, 0.25) is 0 Å². The first-order valence-corrected chi connectivity index (χ1v) is 9.56. The highest BCUT2D eigenvalue weighted by Crippen LogP contribution is 2.33. The lowest BCUT2D eigenvalue weighted by molar-refractivity contribution is 0.0600. The van der Waals surface area contributed by atoms with Crippen LogP contribution in [0.3, 0.4) is 0 Å². The Hall–Kier alpha value is -2.48. The van der Waals surface area contributed by atoms with E-state index < -0.39 is 12.1 Å². The molecule has 0 spiro atoms. The van der Waals surface area contributed by atoms with E-state index >= 15 is 0 Å². The van der Waals surface area contributed by atoms with Crippen LogP contribution in [0.15, 0.2) is 53.9 Å². The van der Waals surface area contributed by atoms with Crippen molar-refractivity contribution in [3.05, 3.63) is 69.9 Å². The first kappa shape index (κ1) is 18.3. The molecule has 2 N–H and O–H groups in total. The van der Waals surface area contributed by atoms with Crippen LogP contribution in [0.5, 0.6) is 0 Å². The van der Waals surface area contributed by atoms with Crippen LogP contribution in [0, 0.1) is 0 Å². The fourth-order valence-corrected chi connectivity index (χ4v) is 4.18. The van der Waals surface area contributed by atoms with Crippen molar-refractivity contribution < 1.29 is 19.4 Å². The van der Waals surface area contributed by atoms with Crippen molar-refractivity contribution in [3.8, 4) is 9.75 Å². The van der Waals surface area contributed by atoms with E-state index in [2.05, 4.69) is 10.1 Å². The van der Waals surface area contributed by atoms with Gasteiger partial charge in [-0.1, -0.05) is 6.07 Å². The molecule has 2 aromatic heterocycles. The number of benzene rings is 1. The van der Waals surface area contributed by atoms with Crippen molar-refractivity contribution in [2.24, 2.45) is 0 Å². The molecule has 0 aliphatic heterocycles. The first-order valence-electron chi connectivity index (χ1n) is 7.86. The molecular formula is C19H17NO4S2. The van der Waals surface area contributed by atoms with E-state index in [9.17, 15) is 14.7 Å². The molecule has 0 aliphatic rings. The van der Waals surface area contributed by atoms with Crippen molar-refractivity contribution >= 4 is 34.6 Å². The minimum atomic E-state index is -0.771. The fraction of sp³-hybridized carbons (Fsp3) is 0.158. The van der Waals surface area contributed by atoms with E-state index in [1.165, 1.54) is 30.6 Å². The number of hydrogen-bond acceptors (Lipinski definition) is 6. The molecule has 3 aromatic rings. The van der Waals surface area contributed by atoms with Gasteiger partial charge in [-0.15, -0.1) is 22.7 Å². The summed E-state index contributed by atoms with van der Waals surface area (Å²) >= 11 is 3.16. The lowest BCUT2D eigenvalue weighted by atomic mass is 10.1. The number of esters is 1. The molecule has 1 atom stereocenters. The van der Waals surface area contributed by atoms with Crippen molar-refractivity contribution in [1.82, 2.24) is 5.32 Å². The van der Waals surface area contributed by atoms with Crippen LogP contribution < -0.4 is 5.32 Å². The molecule has 5 nitrogen and oxygen atoms in total. The molecule has 0 saturated heterocycles. The second-order valence-corrected chi connectivity index (χ2v) is 7.54. The monoisotopic (exact) mass is 387 g/mol. The van der Waals surface area contributed by atoms with E-state index in [1.54, 1.807) is 23.5 Å². The number of rotatable bonds is 6. The molecule has 0 saturated carbocycles. The number of hydrogen-bond donors (Lipinski definition) is 2. The zero-order valence-electron chi connectivity index (χ0n) is 14.0. The maximum atomic E-state index is 12.2. The Morgan fingerprint density at radius 1 is 1.08 bits per heavy atom.